The molecule has 170 valence electrons. The lowest BCUT2D eigenvalue weighted by Gasteiger charge is -2.31. The van der Waals surface area contributed by atoms with Crippen LogP contribution >= 0.6 is 11.8 Å². The van der Waals surface area contributed by atoms with E-state index in [9.17, 15) is 31.1 Å². The number of nitrogens with one attached hydrogen (secondary N) is 1. The number of ether oxygens (including phenoxy) is 1. The Balaban J connectivity index is 1.73. The fourth-order valence-corrected chi connectivity index (χ4v) is 3.58. The molecule has 0 spiro atoms. The van der Waals surface area contributed by atoms with Crippen LogP contribution in [0, 0.1) is 0 Å². The predicted octanol–water partition coefficient (Wildman–Crippen LogP) is 3.43. The van der Waals surface area contributed by atoms with Gasteiger partial charge in [0.25, 0.3) is 0 Å². The van der Waals surface area contributed by atoms with Gasteiger partial charge in [0.15, 0.2) is 5.16 Å². The second-order valence-electron chi connectivity index (χ2n) is 6.52. The van der Waals surface area contributed by atoms with Gasteiger partial charge in [0.2, 0.25) is 5.91 Å². The highest BCUT2D eigenvalue weighted by Gasteiger charge is 2.32. The number of anilines is 2. The van der Waals surface area contributed by atoms with Crippen molar-refractivity contribution in [3.05, 3.63) is 30.1 Å². The summed E-state index contributed by atoms with van der Waals surface area (Å²) in [4.78, 5) is 14.1. The van der Waals surface area contributed by atoms with Crippen LogP contribution in [-0.4, -0.2) is 58.9 Å². The minimum absolute atomic E-state index is 0.0425. The SMILES string of the molecule is O=C(CSc1nncn1CC(F)(F)F)Nc1cc(C(F)(F)F)ccc1N1CCOCC1. The highest BCUT2D eigenvalue weighted by Crippen LogP contribution is 2.36. The maximum Gasteiger partial charge on any atom is 0.416 e. The predicted molar refractivity (Wildman–Crippen MR) is 99.9 cm³/mol. The Bertz CT molecular complexity index is 911. The van der Waals surface area contributed by atoms with Crippen molar-refractivity contribution in [1.29, 1.82) is 0 Å². The van der Waals surface area contributed by atoms with Crippen LogP contribution in [0.3, 0.4) is 0 Å². The van der Waals surface area contributed by atoms with Crippen molar-refractivity contribution in [3.8, 4) is 0 Å². The molecule has 14 heteroatoms. The van der Waals surface area contributed by atoms with E-state index < -0.39 is 30.4 Å². The van der Waals surface area contributed by atoms with Crippen molar-refractivity contribution >= 4 is 29.0 Å². The molecule has 7 nitrogen and oxygen atoms in total. The molecule has 3 rings (SSSR count). The van der Waals surface area contributed by atoms with E-state index in [0.29, 0.717) is 43.8 Å². The molecule has 31 heavy (non-hydrogen) atoms. The molecule has 0 bridgehead atoms. The Kier molecular flexibility index (Phi) is 6.99. The third-order valence-electron chi connectivity index (χ3n) is 4.21. The monoisotopic (exact) mass is 469 g/mol. The number of hydrogen-bond donors (Lipinski definition) is 1. The van der Waals surface area contributed by atoms with E-state index in [-0.39, 0.29) is 16.6 Å². The summed E-state index contributed by atoms with van der Waals surface area (Å²) in [5.41, 5.74) is -0.577. The Hall–Kier alpha value is -2.48. The number of hydrogen-bond acceptors (Lipinski definition) is 6. The first-order valence-electron chi connectivity index (χ1n) is 8.94. The van der Waals surface area contributed by atoms with Crippen LogP contribution in [0.4, 0.5) is 37.7 Å². The summed E-state index contributed by atoms with van der Waals surface area (Å²) in [6.07, 6.45) is -8.21. The third-order valence-corrected chi connectivity index (χ3v) is 5.19. The Morgan fingerprint density at radius 2 is 1.87 bits per heavy atom. The van der Waals surface area contributed by atoms with Crippen molar-refractivity contribution in [2.24, 2.45) is 0 Å². The molecule has 1 aromatic carbocycles. The molecule has 1 aromatic heterocycles. The van der Waals surface area contributed by atoms with E-state index in [0.717, 1.165) is 23.0 Å². The van der Waals surface area contributed by atoms with Crippen LogP contribution in [0.15, 0.2) is 29.7 Å². The molecule has 0 unspecified atom stereocenters. The zero-order chi connectivity index (χ0) is 22.6. The minimum Gasteiger partial charge on any atom is -0.378 e. The summed E-state index contributed by atoms with van der Waals surface area (Å²) >= 11 is 0.694. The van der Waals surface area contributed by atoms with Gasteiger partial charge in [-0.15, -0.1) is 10.2 Å². The smallest absolute Gasteiger partial charge is 0.378 e. The van der Waals surface area contributed by atoms with Gasteiger partial charge in [0, 0.05) is 13.1 Å². The van der Waals surface area contributed by atoms with Crippen molar-refractivity contribution in [1.82, 2.24) is 14.8 Å². The molecule has 1 N–H and O–H groups in total. The summed E-state index contributed by atoms with van der Waals surface area (Å²) in [7, 11) is 0. The number of alkyl halides is 6. The first-order chi connectivity index (χ1) is 14.5. The van der Waals surface area contributed by atoms with Crippen molar-refractivity contribution in [2.75, 3.05) is 42.3 Å². The van der Waals surface area contributed by atoms with Gasteiger partial charge in [0.1, 0.15) is 12.9 Å². The maximum atomic E-state index is 13.1. The lowest BCUT2D eigenvalue weighted by molar-refractivity contribution is -0.142. The van der Waals surface area contributed by atoms with Gasteiger partial charge < -0.3 is 15.0 Å². The van der Waals surface area contributed by atoms with Gasteiger partial charge in [-0.2, -0.15) is 26.3 Å². The number of halogens is 6. The number of aromatic nitrogens is 3. The van der Waals surface area contributed by atoms with Crippen LogP contribution in [0.25, 0.3) is 0 Å². The Morgan fingerprint density at radius 3 is 2.52 bits per heavy atom. The second-order valence-corrected chi connectivity index (χ2v) is 7.47. The first-order valence-corrected chi connectivity index (χ1v) is 9.92. The molecule has 0 aliphatic carbocycles. The average molecular weight is 469 g/mol. The minimum atomic E-state index is -4.61. The molecule has 1 amide bonds. The maximum absolute atomic E-state index is 13.1. The van der Waals surface area contributed by atoms with E-state index in [2.05, 4.69) is 15.5 Å². The lowest BCUT2D eigenvalue weighted by atomic mass is 10.1. The van der Waals surface area contributed by atoms with Crippen molar-refractivity contribution in [2.45, 2.75) is 24.1 Å². The normalized spacial score (nSPS) is 15.2. The van der Waals surface area contributed by atoms with Crippen molar-refractivity contribution < 1.29 is 35.9 Å². The molecule has 1 aliphatic rings. The molecule has 0 radical (unpaired) electrons. The Morgan fingerprint density at radius 1 is 1.16 bits per heavy atom. The van der Waals surface area contributed by atoms with Gasteiger partial charge in [-0.25, -0.2) is 0 Å². The van der Waals surface area contributed by atoms with Crippen LogP contribution in [0.5, 0.6) is 0 Å². The highest BCUT2D eigenvalue weighted by molar-refractivity contribution is 7.99. The number of thioether (sulfide) groups is 1. The second kappa shape index (κ2) is 9.34. The lowest BCUT2D eigenvalue weighted by Crippen LogP contribution is -2.37. The largest absolute Gasteiger partial charge is 0.416 e. The summed E-state index contributed by atoms with van der Waals surface area (Å²) in [5, 5.41) is 9.24. The Labute approximate surface area is 176 Å². The number of carbonyl (C=O) groups is 1. The number of morpholine rings is 1. The number of rotatable bonds is 6. The number of benzene rings is 1. The molecular formula is C17H17F6N5O2S. The molecule has 0 atom stereocenters. The number of carbonyl (C=O) groups excluding carboxylic acids is 1. The third kappa shape index (κ3) is 6.50. The van der Waals surface area contributed by atoms with Gasteiger partial charge in [0.05, 0.1) is 35.9 Å². The van der Waals surface area contributed by atoms with Gasteiger partial charge >= 0.3 is 12.4 Å². The van der Waals surface area contributed by atoms with E-state index in [1.54, 1.807) is 4.90 Å². The molecule has 1 fully saturated rings. The number of nitrogens with zero attached hydrogens (tertiary/aromatic N) is 4. The number of amides is 1. The molecule has 0 saturated carbocycles. The van der Waals surface area contributed by atoms with E-state index in [4.69, 9.17) is 4.74 Å². The molecule has 2 aromatic rings. The standard InChI is InChI=1S/C17H17F6N5O2S/c18-16(19,20)9-28-10-24-26-15(28)31-8-14(29)25-12-7-11(17(21,22)23)1-2-13(12)27-3-5-30-6-4-27/h1-2,7,10H,3-6,8-9H2,(H,25,29). The van der Waals surface area contributed by atoms with E-state index >= 15 is 0 Å². The summed E-state index contributed by atoms with van der Waals surface area (Å²) in [5.74, 6) is -1.06. The summed E-state index contributed by atoms with van der Waals surface area (Å²) in [6, 6.07) is 3.03. The topological polar surface area (TPSA) is 72.3 Å². The fourth-order valence-electron chi connectivity index (χ4n) is 2.87. The first kappa shape index (κ1) is 23.2. The molecule has 2 heterocycles. The van der Waals surface area contributed by atoms with Crippen LogP contribution in [0.1, 0.15) is 5.56 Å². The quantitative estimate of drug-likeness (QED) is 0.517. The molecular weight excluding hydrogens is 452 g/mol. The van der Waals surface area contributed by atoms with Gasteiger partial charge in [-0.1, -0.05) is 11.8 Å². The highest BCUT2D eigenvalue weighted by atomic mass is 32.2. The van der Waals surface area contributed by atoms with Crippen molar-refractivity contribution in [3.63, 3.8) is 0 Å². The van der Waals surface area contributed by atoms with E-state index in [1.165, 1.54) is 6.07 Å². The fraction of sp³-hybridized carbons (Fsp3) is 0.471. The molecule has 1 saturated heterocycles. The van der Waals surface area contributed by atoms with E-state index in [1.807, 2.05) is 0 Å². The van der Waals surface area contributed by atoms with Crippen LogP contribution in [-0.2, 0) is 22.3 Å². The van der Waals surface area contributed by atoms with Gasteiger partial charge in [-0.05, 0) is 18.2 Å². The van der Waals surface area contributed by atoms with Crippen LogP contribution in [0.2, 0.25) is 0 Å². The zero-order valence-corrected chi connectivity index (χ0v) is 16.6. The zero-order valence-electron chi connectivity index (χ0n) is 15.8. The molecule has 1 aliphatic heterocycles. The average Bonchev–Trinajstić information content (AvgIpc) is 3.11. The van der Waals surface area contributed by atoms with Crippen LogP contribution < -0.4 is 10.2 Å². The summed E-state index contributed by atoms with van der Waals surface area (Å²) < 4.78 is 83.1. The van der Waals surface area contributed by atoms with Gasteiger partial charge in [-0.3, -0.25) is 9.36 Å². The summed E-state index contributed by atoms with van der Waals surface area (Å²) in [6.45, 7) is 0.323.